The first kappa shape index (κ1) is 18.1. The first-order chi connectivity index (χ1) is 12.5. The van der Waals surface area contributed by atoms with Crippen molar-refractivity contribution >= 4 is 5.78 Å². The summed E-state index contributed by atoms with van der Waals surface area (Å²) in [5.41, 5.74) is 2.93. The third kappa shape index (κ3) is 2.50. The summed E-state index contributed by atoms with van der Waals surface area (Å²) in [5.74, 6) is 0.228. The molecule has 2 aromatic carbocycles. The highest BCUT2D eigenvalue weighted by atomic mass is 16.1. The summed E-state index contributed by atoms with van der Waals surface area (Å²) < 4.78 is 0. The molecular weight excluding hydrogens is 316 g/mol. The van der Waals surface area contributed by atoms with Gasteiger partial charge in [-0.05, 0) is 42.5 Å². The summed E-state index contributed by atoms with van der Waals surface area (Å²) in [4.78, 5) is 14.0. The van der Waals surface area contributed by atoms with Gasteiger partial charge in [0.1, 0.15) is 5.41 Å². The van der Waals surface area contributed by atoms with Gasteiger partial charge in [0.25, 0.3) is 0 Å². The zero-order chi connectivity index (χ0) is 18.8. The summed E-state index contributed by atoms with van der Waals surface area (Å²) in [5, 5.41) is 0. The zero-order valence-corrected chi connectivity index (χ0v) is 15.8. The van der Waals surface area contributed by atoms with E-state index in [0.717, 1.165) is 28.7 Å². The average Bonchev–Trinajstić information content (AvgIpc) is 2.84. The second-order valence-electron chi connectivity index (χ2n) is 7.28. The summed E-state index contributed by atoms with van der Waals surface area (Å²) >= 11 is 0. The molecule has 1 atom stereocenters. The summed E-state index contributed by atoms with van der Waals surface area (Å²) in [6.07, 6.45) is 8.76. The van der Waals surface area contributed by atoms with Crippen LogP contribution in [0.25, 0.3) is 0 Å². The molecule has 1 aliphatic rings. The first-order valence-electron chi connectivity index (χ1n) is 9.21. The van der Waals surface area contributed by atoms with E-state index >= 15 is 0 Å². The maximum Gasteiger partial charge on any atom is 0.162 e. The minimum absolute atomic E-state index is 0.228. The summed E-state index contributed by atoms with van der Waals surface area (Å²) in [6.45, 7) is 10.00. The summed E-state index contributed by atoms with van der Waals surface area (Å²) in [7, 11) is 0. The minimum Gasteiger partial charge on any atom is -0.297 e. The van der Waals surface area contributed by atoms with E-state index in [1.165, 1.54) is 0 Å². The molecule has 26 heavy (non-hydrogen) atoms. The SMILES string of the molecule is C=C/C=C\C(=C/CC)C1(c2ccccc2)C(=O)C(C)(C)c2ccccc21. The second-order valence-corrected chi connectivity index (χ2v) is 7.28. The maximum absolute atomic E-state index is 14.0. The summed E-state index contributed by atoms with van der Waals surface area (Å²) in [6, 6.07) is 18.4. The third-order valence-corrected chi connectivity index (χ3v) is 5.39. The number of Topliss-reactive ketones (excluding diaryl/α,β-unsaturated/α-hetero) is 1. The quantitative estimate of drug-likeness (QED) is 0.617. The number of fused-ring (bicyclic) bond motifs is 1. The van der Waals surface area contributed by atoms with Gasteiger partial charge in [-0.25, -0.2) is 0 Å². The molecule has 3 rings (SSSR count). The molecular formula is C25H26O. The lowest BCUT2D eigenvalue weighted by molar-refractivity contribution is -0.125. The highest BCUT2D eigenvalue weighted by molar-refractivity contribution is 6.09. The van der Waals surface area contributed by atoms with Crippen LogP contribution in [0.5, 0.6) is 0 Å². The third-order valence-electron chi connectivity index (χ3n) is 5.39. The van der Waals surface area contributed by atoms with Crippen LogP contribution >= 0.6 is 0 Å². The number of carbonyl (C=O) groups is 1. The normalized spacial score (nSPS) is 21.8. The van der Waals surface area contributed by atoms with Gasteiger partial charge >= 0.3 is 0 Å². The van der Waals surface area contributed by atoms with Crippen LogP contribution in [-0.4, -0.2) is 5.78 Å². The van der Waals surface area contributed by atoms with Gasteiger partial charge in [0.05, 0.1) is 5.41 Å². The molecule has 0 heterocycles. The molecule has 0 spiro atoms. The van der Waals surface area contributed by atoms with Crippen molar-refractivity contribution in [3.8, 4) is 0 Å². The van der Waals surface area contributed by atoms with E-state index in [1.54, 1.807) is 6.08 Å². The molecule has 132 valence electrons. The van der Waals surface area contributed by atoms with Gasteiger partial charge in [-0.2, -0.15) is 0 Å². The van der Waals surface area contributed by atoms with Crippen molar-refractivity contribution < 1.29 is 4.79 Å². The van der Waals surface area contributed by atoms with Crippen LogP contribution < -0.4 is 0 Å². The molecule has 0 amide bonds. The number of benzene rings is 2. The number of ketones is 1. The van der Waals surface area contributed by atoms with Crippen LogP contribution in [0.4, 0.5) is 0 Å². The lowest BCUT2D eigenvalue weighted by Gasteiger charge is -2.33. The maximum atomic E-state index is 14.0. The molecule has 0 aromatic heterocycles. The fourth-order valence-corrected chi connectivity index (χ4v) is 4.23. The first-order valence-corrected chi connectivity index (χ1v) is 9.21. The molecule has 0 aliphatic heterocycles. The molecule has 1 heteroatoms. The standard InChI is InChI=1S/C25H26O/c1-5-7-14-19(13-6-2)25(20-15-9-8-10-16-20)22-18-12-11-17-21(22)24(3,4)23(25)26/h5,7-18H,1,6H2,2-4H3/b14-7-,19-13+. The number of hydrogen-bond acceptors (Lipinski definition) is 1. The number of carbonyl (C=O) groups excluding carboxylic acids is 1. The van der Waals surface area contributed by atoms with Crippen LogP contribution in [0.2, 0.25) is 0 Å². The van der Waals surface area contributed by atoms with E-state index in [9.17, 15) is 4.79 Å². The lowest BCUT2D eigenvalue weighted by atomic mass is 9.67. The Bertz CT molecular complexity index is 883. The molecule has 1 aliphatic carbocycles. The van der Waals surface area contributed by atoms with Crippen LogP contribution in [0.1, 0.15) is 43.9 Å². The molecule has 0 saturated carbocycles. The van der Waals surface area contributed by atoms with Crippen LogP contribution in [0, 0.1) is 0 Å². The Labute approximate surface area is 156 Å². The Morgan fingerprint density at radius 2 is 1.62 bits per heavy atom. The van der Waals surface area contributed by atoms with E-state index in [4.69, 9.17) is 0 Å². The molecule has 0 fully saturated rings. The van der Waals surface area contributed by atoms with Crippen LogP contribution in [0.15, 0.2) is 91.1 Å². The smallest absolute Gasteiger partial charge is 0.162 e. The Kier molecular flexibility index (Phi) is 4.82. The van der Waals surface area contributed by atoms with Crippen molar-refractivity contribution in [2.75, 3.05) is 0 Å². The molecule has 1 unspecified atom stereocenters. The van der Waals surface area contributed by atoms with Gasteiger partial charge < -0.3 is 0 Å². The van der Waals surface area contributed by atoms with E-state index in [1.807, 2.05) is 56.3 Å². The fraction of sp³-hybridized carbons (Fsp3) is 0.240. The molecule has 0 bridgehead atoms. The molecule has 0 N–H and O–H groups in total. The largest absolute Gasteiger partial charge is 0.297 e. The van der Waals surface area contributed by atoms with Gasteiger partial charge in [0, 0.05) is 0 Å². The van der Waals surface area contributed by atoms with Gasteiger partial charge in [0.2, 0.25) is 0 Å². The second kappa shape index (κ2) is 6.92. The average molecular weight is 342 g/mol. The predicted octanol–water partition coefficient (Wildman–Crippen LogP) is 5.91. The monoisotopic (exact) mass is 342 g/mol. The predicted molar refractivity (Wildman–Crippen MR) is 109 cm³/mol. The van der Waals surface area contributed by atoms with Gasteiger partial charge in [-0.15, -0.1) is 0 Å². The van der Waals surface area contributed by atoms with E-state index in [2.05, 4.69) is 43.8 Å². The highest BCUT2D eigenvalue weighted by Crippen LogP contribution is 2.54. The van der Waals surface area contributed by atoms with Crippen molar-refractivity contribution in [1.29, 1.82) is 0 Å². The van der Waals surface area contributed by atoms with E-state index in [0.29, 0.717) is 0 Å². The lowest BCUT2D eigenvalue weighted by Crippen LogP contribution is -2.41. The van der Waals surface area contributed by atoms with Crippen LogP contribution in [0.3, 0.4) is 0 Å². The molecule has 2 aromatic rings. The number of allylic oxidation sites excluding steroid dienone is 5. The molecule has 0 radical (unpaired) electrons. The van der Waals surface area contributed by atoms with Crippen molar-refractivity contribution in [2.24, 2.45) is 0 Å². The molecule has 0 saturated heterocycles. The highest BCUT2D eigenvalue weighted by Gasteiger charge is 2.57. The van der Waals surface area contributed by atoms with Crippen molar-refractivity contribution in [1.82, 2.24) is 0 Å². The topological polar surface area (TPSA) is 17.1 Å². The molecule has 1 nitrogen and oxygen atoms in total. The Morgan fingerprint density at radius 3 is 2.23 bits per heavy atom. The van der Waals surface area contributed by atoms with Gasteiger partial charge in [0.15, 0.2) is 5.78 Å². The van der Waals surface area contributed by atoms with E-state index in [-0.39, 0.29) is 5.78 Å². The Hall–Kier alpha value is -2.67. The van der Waals surface area contributed by atoms with Gasteiger partial charge in [-0.1, -0.05) is 92.4 Å². The van der Waals surface area contributed by atoms with Gasteiger partial charge in [-0.3, -0.25) is 4.79 Å². The zero-order valence-electron chi connectivity index (χ0n) is 15.8. The van der Waals surface area contributed by atoms with Crippen molar-refractivity contribution in [2.45, 2.75) is 38.0 Å². The van der Waals surface area contributed by atoms with Crippen molar-refractivity contribution in [3.63, 3.8) is 0 Å². The number of rotatable bonds is 5. The Morgan fingerprint density at radius 1 is 1.00 bits per heavy atom. The minimum atomic E-state index is -0.781. The van der Waals surface area contributed by atoms with E-state index < -0.39 is 10.8 Å². The van der Waals surface area contributed by atoms with Crippen LogP contribution in [-0.2, 0) is 15.6 Å². The van der Waals surface area contributed by atoms with Crippen molar-refractivity contribution in [3.05, 3.63) is 108 Å². The number of hydrogen-bond donors (Lipinski definition) is 0. The fourth-order valence-electron chi connectivity index (χ4n) is 4.23. The Balaban J connectivity index is 2.44.